The van der Waals surface area contributed by atoms with Crippen molar-refractivity contribution >= 4 is 0 Å². The first kappa shape index (κ1) is 14.6. The number of aliphatic hydroxyl groups is 1. The van der Waals surface area contributed by atoms with E-state index in [4.69, 9.17) is 4.74 Å². The maximum atomic E-state index is 13.2. The van der Waals surface area contributed by atoms with Crippen molar-refractivity contribution in [3.8, 4) is 0 Å². The second-order valence-corrected chi connectivity index (χ2v) is 4.60. The SMILES string of the molecule is COCc1ccccc1C(O)Cc1ccc(F)c(F)c1. The summed E-state index contributed by atoms with van der Waals surface area (Å²) in [6.07, 6.45) is -0.566. The van der Waals surface area contributed by atoms with Crippen molar-refractivity contribution in [2.45, 2.75) is 19.1 Å². The van der Waals surface area contributed by atoms with Crippen LogP contribution in [0.25, 0.3) is 0 Å². The van der Waals surface area contributed by atoms with Gasteiger partial charge < -0.3 is 9.84 Å². The Morgan fingerprint density at radius 2 is 1.85 bits per heavy atom. The van der Waals surface area contributed by atoms with Crippen molar-refractivity contribution in [1.82, 2.24) is 0 Å². The molecule has 0 aliphatic rings. The first-order chi connectivity index (χ1) is 9.61. The minimum atomic E-state index is -0.903. The lowest BCUT2D eigenvalue weighted by Gasteiger charge is -2.15. The number of ether oxygens (including phenoxy) is 1. The van der Waals surface area contributed by atoms with Crippen LogP contribution in [0.5, 0.6) is 0 Å². The molecule has 0 amide bonds. The summed E-state index contributed by atoms with van der Waals surface area (Å²) in [7, 11) is 1.58. The van der Waals surface area contributed by atoms with Gasteiger partial charge in [-0.3, -0.25) is 0 Å². The van der Waals surface area contributed by atoms with E-state index in [0.717, 1.165) is 23.3 Å². The van der Waals surface area contributed by atoms with Gasteiger partial charge in [-0.15, -0.1) is 0 Å². The molecular weight excluding hydrogens is 262 g/mol. The number of halogens is 2. The fourth-order valence-electron chi connectivity index (χ4n) is 2.15. The third-order valence-electron chi connectivity index (χ3n) is 3.13. The van der Waals surface area contributed by atoms with E-state index in [2.05, 4.69) is 0 Å². The molecule has 20 heavy (non-hydrogen) atoms. The van der Waals surface area contributed by atoms with Gasteiger partial charge in [-0.1, -0.05) is 30.3 Å². The summed E-state index contributed by atoms with van der Waals surface area (Å²) < 4.78 is 31.1. The number of methoxy groups -OCH3 is 1. The van der Waals surface area contributed by atoms with Crippen molar-refractivity contribution in [1.29, 1.82) is 0 Å². The summed E-state index contributed by atoms with van der Waals surface area (Å²) >= 11 is 0. The van der Waals surface area contributed by atoms with Crippen LogP contribution in [0, 0.1) is 11.6 Å². The van der Waals surface area contributed by atoms with Crippen LogP contribution in [0.2, 0.25) is 0 Å². The Balaban J connectivity index is 2.19. The highest BCUT2D eigenvalue weighted by atomic mass is 19.2. The van der Waals surface area contributed by atoms with E-state index >= 15 is 0 Å². The number of hydrogen-bond donors (Lipinski definition) is 1. The molecule has 0 saturated heterocycles. The van der Waals surface area contributed by atoms with Crippen LogP contribution in [-0.2, 0) is 17.8 Å². The van der Waals surface area contributed by atoms with Crippen LogP contribution in [0.3, 0.4) is 0 Å². The summed E-state index contributed by atoms with van der Waals surface area (Å²) in [5.41, 5.74) is 2.16. The molecule has 0 bridgehead atoms. The van der Waals surface area contributed by atoms with E-state index in [1.165, 1.54) is 6.07 Å². The number of benzene rings is 2. The lowest BCUT2D eigenvalue weighted by atomic mass is 9.97. The molecule has 0 aliphatic carbocycles. The predicted octanol–water partition coefficient (Wildman–Crippen LogP) is 3.39. The van der Waals surface area contributed by atoms with Crippen LogP contribution in [0.1, 0.15) is 22.8 Å². The smallest absolute Gasteiger partial charge is 0.159 e. The van der Waals surface area contributed by atoms with Crippen LogP contribution in [0.15, 0.2) is 42.5 Å². The zero-order chi connectivity index (χ0) is 14.5. The monoisotopic (exact) mass is 278 g/mol. The van der Waals surface area contributed by atoms with Gasteiger partial charge in [0.25, 0.3) is 0 Å². The van der Waals surface area contributed by atoms with Gasteiger partial charge in [0.1, 0.15) is 0 Å². The summed E-state index contributed by atoms with van der Waals surface area (Å²) in [5, 5.41) is 10.3. The van der Waals surface area contributed by atoms with Gasteiger partial charge in [0, 0.05) is 13.5 Å². The number of aliphatic hydroxyl groups excluding tert-OH is 1. The van der Waals surface area contributed by atoms with E-state index in [1.54, 1.807) is 13.2 Å². The Kier molecular flexibility index (Phi) is 4.82. The molecule has 4 heteroatoms. The summed E-state index contributed by atoms with van der Waals surface area (Å²) in [6.45, 7) is 0.394. The maximum Gasteiger partial charge on any atom is 0.159 e. The summed E-state index contributed by atoms with van der Waals surface area (Å²) in [6, 6.07) is 11.0. The third-order valence-corrected chi connectivity index (χ3v) is 3.13. The molecule has 0 aliphatic heterocycles. The van der Waals surface area contributed by atoms with Crippen LogP contribution in [-0.4, -0.2) is 12.2 Å². The van der Waals surface area contributed by atoms with Gasteiger partial charge >= 0.3 is 0 Å². The summed E-state index contributed by atoms with van der Waals surface area (Å²) in [4.78, 5) is 0. The molecule has 106 valence electrons. The maximum absolute atomic E-state index is 13.2. The van der Waals surface area contributed by atoms with Crippen molar-refractivity contribution in [3.05, 3.63) is 70.8 Å². The first-order valence-corrected chi connectivity index (χ1v) is 6.30. The lowest BCUT2D eigenvalue weighted by molar-refractivity contribution is 0.161. The van der Waals surface area contributed by atoms with Crippen molar-refractivity contribution < 1.29 is 18.6 Å². The normalized spacial score (nSPS) is 12.4. The van der Waals surface area contributed by atoms with Gasteiger partial charge in [-0.2, -0.15) is 0 Å². The number of rotatable bonds is 5. The molecule has 1 atom stereocenters. The van der Waals surface area contributed by atoms with Gasteiger partial charge in [0.2, 0.25) is 0 Å². The van der Waals surface area contributed by atoms with Gasteiger partial charge in [0.15, 0.2) is 11.6 Å². The summed E-state index contributed by atoms with van der Waals surface area (Å²) in [5.74, 6) is -1.79. The standard InChI is InChI=1S/C16H16F2O2/c1-20-10-12-4-2-3-5-13(12)16(19)9-11-6-7-14(17)15(18)8-11/h2-8,16,19H,9-10H2,1H3. The molecule has 0 heterocycles. The van der Waals surface area contributed by atoms with Gasteiger partial charge in [-0.05, 0) is 28.8 Å². The Hall–Kier alpha value is -1.78. The molecule has 1 unspecified atom stereocenters. The van der Waals surface area contributed by atoms with E-state index in [9.17, 15) is 13.9 Å². The molecule has 2 nitrogen and oxygen atoms in total. The molecule has 0 radical (unpaired) electrons. The molecule has 2 aromatic rings. The topological polar surface area (TPSA) is 29.5 Å². The quantitative estimate of drug-likeness (QED) is 0.908. The molecule has 0 fully saturated rings. The Morgan fingerprint density at radius 3 is 2.55 bits per heavy atom. The average molecular weight is 278 g/mol. The highest BCUT2D eigenvalue weighted by molar-refractivity contribution is 5.30. The predicted molar refractivity (Wildman–Crippen MR) is 72.2 cm³/mol. The van der Waals surface area contributed by atoms with E-state index in [0.29, 0.717) is 12.2 Å². The molecule has 0 saturated carbocycles. The number of hydrogen-bond acceptors (Lipinski definition) is 2. The van der Waals surface area contributed by atoms with Gasteiger partial charge in [-0.25, -0.2) is 8.78 Å². The third kappa shape index (κ3) is 3.40. The Morgan fingerprint density at radius 1 is 1.10 bits per heavy atom. The highest BCUT2D eigenvalue weighted by Crippen LogP contribution is 2.23. The lowest BCUT2D eigenvalue weighted by Crippen LogP contribution is -2.06. The molecular formula is C16H16F2O2. The largest absolute Gasteiger partial charge is 0.388 e. The highest BCUT2D eigenvalue weighted by Gasteiger charge is 2.13. The van der Waals surface area contributed by atoms with Crippen molar-refractivity contribution in [2.24, 2.45) is 0 Å². The fourth-order valence-corrected chi connectivity index (χ4v) is 2.15. The molecule has 0 spiro atoms. The van der Waals surface area contributed by atoms with Crippen LogP contribution in [0.4, 0.5) is 8.78 Å². The molecule has 1 N–H and O–H groups in total. The van der Waals surface area contributed by atoms with Gasteiger partial charge in [0.05, 0.1) is 12.7 Å². The second-order valence-electron chi connectivity index (χ2n) is 4.60. The van der Waals surface area contributed by atoms with Crippen LogP contribution < -0.4 is 0 Å². The zero-order valence-electron chi connectivity index (χ0n) is 11.1. The zero-order valence-corrected chi connectivity index (χ0v) is 11.1. The Labute approximate surface area is 116 Å². The minimum Gasteiger partial charge on any atom is -0.388 e. The molecule has 0 aromatic heterocycles. The molecule has 2 aromatic carbocycles. The second kappa shape index (κ2) is 6.59. The minimum absolute atomic E-state index is 0.220. The van der Waals surface area contributed by atoms with E-state index < -0.39 is 17.7 Å². The average Bonchev–Trinajstić information content (AvgIpc) is 2.44. The Bertz CT molecular complexity index is 584. The van der Waals surface area contributed by atoms with Crippen LogP contribution >= 0.6 is 0 Å². The fraction of sp³-hybridized carbons (Fsp3) is 0.250. The molecule has 2 rings (SSSR count). The van der Waals surface area contributed by atoms with Crippen molar-refractivity contribution in [3.63, 3.8) is 0 Å². The van der Waals surface area contributed by atoms with Crippen molar-refractivity contribution in [2.75, 3.05) is 7.11 Å². The first-order valence-electron chi connectivity index (χ1n) is 6.30. The van der Waals surface area contributed by atoms with E-state index in [1.807, 2.05) is 18.2 Å². The van der Waals surface area contributed by atoms with E-state index in [-0.39, 0.29) is 6.42 Å².